The molecule has 0 aromatic rings. The molecule has 1 saturated carbocycles. The van der Waals surface area contributed by atoms with E-state index in [1.165, 1.54) is 25.7 Å². The van der Waals surface area contributed by atoms with Gasteiger partial charge in [-0.25, -0.2) is 0 Å². The van der Waals surface area contributed by atoms with Crippen molar-refractivity contribution >= 4 is 11.8 Å². The van der Waals surface area contributed by atoms with Gasteiger partial charge in [0.2, 0.25) is 11.8 Å². The van der Waals surface area contributed by atoms with Crippen molar-refractivity contribution in [3.63, 3.8) is 0 Å². The van der Waals surface area contributed by atoms with Crippen LogP contribution in [0.5, 0.6) is 0 Å². The van der Waals surface area contributed by atoms with Gasteiger partial charge in [-0.1, -0.05) is 12.8 Å². The third kappa shape index (κ3) is 3.02. The zero-order valence-corrected chi connectivity index (χ0v) is 10.9. The van der Waals surface area contributed by atoms with Gasteiger partial charge in [0.1, 0.15) is 0 Å². The van der Waals surface area contributed by atoms with Crippen molar-refractivity contribution < 1.29 is 9.59 Å². The summed E-state index contributed by atoms with van der Waals surface area (Å²) < 4.78 is 0. The second kappa shape index (κ2) is 6.18. The Kier molecular flexibility index (Phi) is 4.58. The van der Waals surface area contributed by atoms with Crippen molar-refractivity contribution in [3.05, 3.63) is 0 Å². The van der Waals surface area contributed by atoms with Crippen LogP contribution in [0.25, 0.3) is 0 Å². The lowest BCUT2D eigenvalue weighted by molar-refractivity contribution is -0.138. The first kappa shape index (κ1) is 13.3. The van der Waals surface area contributed by atoms with Crippen LogP contribution in [-0.4, -0.2) is 42.4 Å². The Morgan fingerprint density at radius 2 is 1.89 bits per heavy atom. The van der Waals surface area contributed by atoms with Crippen LogP contribution in [0.3, 0.4) is 0 Å². The van der Waals surface area contributed by atoms with Gasteiger partial charge >= 0.3 is 0 Å². The Labute approximate surface area is 108 Å². The van der Waals surface area contributed by atoms with E-state index in [1.54, 1.807) is 0 Å². The van der Waals surface area contributed by atoms with Crippen LogP contribution in [0, 0.1) is 5.92 Å². The Morgan fingerprint density at radius 1 is 1.17 bits per heavy atom. The summed E-state index contributed by atoms with van der Waals surface area (Å²) >= 11 is 0. The minimum atomic E-state index is -0.263. The molecular formula is C13H23N3O2. The Bertz CT molecular complexity index is 317. The number of carbonyl (C=O) groups is 2. The summed E-state index contributed by atoms with van der Waals surface area (Å²) in [6, 6.07) is 0.412. The molecular weight excluding hydrogens is 230 g/mol. The lowest BCUT2D eigenvalue weighted by Gasteiger charge is -2.44. The van der Waals surface area contributed by atoms with Crippen LogP contribution in [0.4, 0.5) is 0 Å². The number of nitrogens with one attached hydrogen (secondary N) is 1. The Balaban J connectivity index is 1.89. The first-order valence-electron chi connectivity index (χ1n) is 6.98. The number of nitrogens with zero attached hydrogens (tertiary/aromatic N) is 1. The SMILES string of the molecule is NCC(=O)NCC(=O)N1CCCC2CCCCC21. The molecule has 0 spiro atoms. The first-order valence-corrected chi connectivity index (χ1v) is 6.98. The topological polar surface area (TPSA) is 75.4 Å². The highest BCUT2D eigenvalue weighted by molar-refractivity contribution is 5.85. The largest absolute Gasteiger partial charge is 0.346 e. The third-order valence-corrected chi connectivity index (χ3v) is 4.19. The van der Waals surface area contributed by atoms with Gasteiger partial charge in [-0.2, -0.15) is 0 Å². The van der Waals surface area contributed by atoms with E-state index in [9.17, 15) is 9.59 Å². The number of rotatable bonds is 3. The summed E-state index contributed by atoms with van der Waals surface area (Å²) in [5.41, 5.74) is 5.21. The molecule has 2 fully saturated rings. The lowest BCUT2D eigenvalue weighted by atomic mass is 9.78. The number of fused-ring (bicyclic) bond motifs is 1. The summed E-state index contributed by atoms with van der Waals surface area (Å²) in [5.74, 6) is 0.468. The van der Waals surface area contributed by atoms with Gasteiger partial charge in [-0.15, -0.1) is 0 Å². The average Bonchev–Trinajstić information content (AvgIpc) is 2.43. The molecule has 1 saturated heterocycles. The van der Waals surface area contributed by atoms with Crippen molar-refractivity contribution in [1.82, 2.24) is 10.2 Å². The van der Waals surface area contributed by atoms with Crippen LogP contribution < -0.4 is 11.1 Å². The highest BCUT2D eigenvalue weighted by atomic mass is 16.2. The van der Waals surface area contributed by atoms with E-state index in [4.69, 9.17) is 5.73 Å². The molecule has 0 radical (unpaired) electrons. The first-order chi connectivity index (χ1) is 8.72. The predicted octanol–water partition coefficient (Wildman–Crippen LogP) is 0.242. The molecule has 102 valence electrons. The maximum absolute atomic E-state index is 12.1. The highest BCUT2D eigenvalue weighted by Crippen LogP contribution is 2.35. The molecule has 1 aliphatic heterocycles. The van der Waals surface area contributed by atoms with Gasteiger partial charge in [0.15, 0.2) is 0 Å². The monoisotopic (exact) mass is 253 g/mol. The second-order valence-electron chi connectivity index (χ2n) is 5.32. The van der Waals surface area contributed by atoms with E-state index >= 15 is 0 Å². The molecule has 5 heteroatoms. The summed E-state index contributed by atoms with van der Waals surface area (Å²) in [6.07, 6.45) is 7.25. The number of hydrogen-bond acceptors (Lipinski definition) is 3. The van der Waals surface area contributed by atoms with Crippen LogP contribution in [0.1, 0.15) is 38.5 Å². The molecule has 2 aliphatic rings. The standard InChI is InChI=1S/C13H23N3O2/c14-8-12(17)15-9-13(18)16-7-3-5-10-4-1-2-6-11(10)16/h10-11H,1-9,14H2,(H,15,17). The number of nitrogens with two attached hydrogens (primary N) is 1. The molecule has 1 aliphatic carbocycles. The fourth-order valence-corrected chi connectivity index (χ4v) is 3.28. The summed E-state index contributed by atoms with van der Waals surface area (Å²) in [7, 11) is 0. The van der Waals surface area contributed by atoms with E-state index in [2.05, 4.69) is 5.32 Å². The maximum atomic E-state index is 12.1. The van der Waals surface area contributed by atoms with Gasteiger partial charge in [0, 0.05) is 12.6 Å². The normalized spacial score (nSPS) is 27.5. The molecule has 0 bridgehead atoms. The second-order valence-corrected chi connectivity index (χ2v) is 5.32. The number of piperidine rings is 1. The van der Waals surface area contributed by atoms with Crippen molar-refractivity contribution in [2.45, 2.75) is 44.6 Å². The van der Waals surface area contributed by atoms with Crippen LogP contribution in [0.15, 0.2) is 0 Å². The van der Waals surface area contributed by atoms with Crippen molar-refractivity contribution in [2.75, 3.05) is 19.6 Å². The average molecular weight is 253 g/mol. The minimum absolute atomic E-state index is 0.0494. The van der Waals surface area contributed by atoms with Gasteiger partial charge in [0.25, 0.3) is 0 Å². The molecule has 1 heterocycles. The molecule has 18 heavy (non-hydrogen) atoms. The van der Waals surface area contributed by atoms with E-state index < -0.39 is 0 Å². The smallest absolute Gasteiger partial charge is 0.242 e. The number of likely N-dealkylation sites (tertiary alicyclic amines) is 1. The molecule has 5 nitrogen and oxygen atoms in total. The van der Waals surface area contributed by atoms with E-state index in [-0.39, 0.29) is 24.9 Å². The number of carbonyl (C=O) groups excluding carboxylic acids is 2. The van der Waals surface area contributed by atoms with E-state index in [0.29, 0.717) is 12.0 Å². The predicted molar refractivity (Wildman–Crippen MR) is 68.8 cm³/mol. The highest BCUT2D eigenvalue weighted by Gasteiger charge is 2.35. The van der Waals surface area contributed by atoms with Gasteiger partial charge in [-0.3, -0.25) is 9.59 Å². The molecule has 2 amide bonds. The molecule has 2 rings (SSSR count). The fourth-order valence-electron chi connectivity index (χ4n) is 3.28. The summed E-state index contributed by atoms with van der Waals surface area (Å²) in [5, 5.41) is 2.57. The van der Waals surface area contributed by atoms with E-state index in [1.807, 2.05) is 4.90 Å². The molecule has 3 N–H and O–H groups in total. The Morgan fingerprint density at radius 3 is 2.67 bits per heavy atom. The van der Waals surface area contributed by atoms with Gasteiger partial charge in [0.05, 0.1) is 13.1 Å². The van der Waals surface area contributed by atoms with Crippen molar-refractivity contribution in [3.8, 4) is 0 Å². The fraction of sp³-hybridized carbons (Fsp3) is 0.846. The van der Waals surface area contributed by atoms with Crippen LogP contribution >= 0.6 is 0 Å². The van der Waals surface area contributed by atoms with E-state index in [0.717, 1.165) is 19.4 Å². The lowest BCUT2D eigenvalue weighted by Crippen LogP contribution is -2.52. The van der Waals surface area contributed by atoms with Gasteiger partial charge < -0.3 is 16.0 Å². The molecule has 0 aromatic heterocycles. The zero-order chi connectivity index (χ0) is 13.0. The molecule has 0 aromatic carbocycles. The van der Waals surface area contributed by atoms with Crippen LogP contribution in [-0.2, 0) is 9.59 Å². The summed E-state index contributed by atoms with van der Waals surface area (Å²) in [4.78, 5) is 25.2. The van der Waals surface area contributed by atoms with Gasteiger partial charge in [-0.05, 0) is 31.6 Å². The van der Waals surface area contributed by atoms with Crippen molar-refractivity contribution in [1.29, 1.82) is 0 Å². The third-order valence-electron chi connectivity index (χ3n) is 4.19. The molecule has 2 atom stereocenters. The maximum Gasteiger partial charge on any atom is 0.242 e. The zero-order valence-electron chi connectivity index (χ0n) is 10.9. The number of hydrogen-bond donors (Lipinski definition) is 2. The minimum Gasteiger partial charge on any atom is -0.346 e. The van der Waals surface area contributed by atoms with Crippen molar-refractivity contribution in [2.24, 2.45) is 11.7 Å². The quantitative estimate of drug-likeness (QED) is 0.756. The van der Waals surface area contributed by atoms with Crippen LogP contribution in [0.2, 0.25) is 0 Å². The molecule has 2 unspecified atom stereocenters. The number of amides is 2. The summed E-state index contributed by atoms with van der Waals surface area (Å²) in [6.45, 7) is 0.886. The Hall–Kier alpha value is -1.10.